The van der Waals surface area contributed by atoms with Crippen molar-refractivity contribution in [2.24, 2.45) is 0 Å². The molecule has 1 aromatic carbocycles. The molecule has 4 nitrogen and oxygen atoms in total. The third-order valence-corrected chi connectivity index (χ3v) is 4.27. The van der Waals surface area contributed by atoms with Gasteiger partial charge in [-0.25, -0.2) is 0 Å². The Morgan fingerprint density at radius 2 is 2.33 bits per heavy atom. The Bertz CT molecular complexity index is 624. The van der Waals surface area contributed by atoms with E-state index in [-0.39, 0.29) is 12.5 Å². The Balaban J connectivity index is 1.54. The van der Waals surface area contributed by atoms with Gasteiger partial charge in [-0.2, -0.15) is 11.3 Å². The van der Waals surface area contributed by atoms with E-state index in [1.807, 2.05) is 35.0 Å². The fourth-order valence-electron chi connectivity index (χ4n) is 2.38. The van der Waals surface area contributed by atoms with Crippen LogP contribution in [0.5, 0.6) is 5.75 Å². The molecule has 3 rings (SSSR count). The van der Waals surface area contributed by atoms with Crippen molar-refractivity contribution >= 4 is 17.2 Å². The van der Waals surface area contributed by atoms with E-state index in [4.69, 9.17) is 4.74 Å². The number of ether oxygens (including phenoxy) is 1. The van der Waals surface area contributed by atoms with Gasteiger partial charge in [0.25, 0.3) is 0 Å². The maximum absolute atomic E-state index is 11.8. The first-order valence-electron chi connectivity index (χ1n) is 6.94. The van der Waals surface area contributed by atoms with Gasteiger partial charge >= 0.3 is 0 Å². The van der Waals surface area contributed by atoms with Crippen LogP contribution in [-0.2, 0) is 17.6 Å². The van der Waals surface area contributed by atoms with E-state index in [1.165, 1.54) is 0 Å². The third-order valence-electron chi connectivity index (χ3n) is 3.54. The molecule has 0 aliphatic carbocycles. The SMILES string of the molecule is O=C(Cc1ccsc1)NCC(O)c1ccc2c(c1)CCO2. The van der Waals surface area contributed by atoms with Gasteiger partial charge in [-0.15, -0.1) is 0 Å². The van der Waals surface area contributed by atoms with Crippen LogP contribution in [0.2, 0.25) is 0 Å². The van der Waals surface area contributed by atoms with E-state index in [0.29, 0.717) is 13.0 Å². The molecular weight excluding hydrogens is 286 g/mol. The Morgan fingerprint density at radius 3 is 3.14 bits per heavy atom. The number of nitrogens with one attached hydrogen (secondary N) is 1. The van der Waals surface area contributed by atoms with Crippen molar-refractivity contribution in [2.45, 2.75) is 18.9 Å². The highest BCUT2D eigenvalue weighted by molar-refractivity contribution is 7.07. The van der Waals surface area contributed by atoms with Crippen LogP contribution in [0.1, 0.15) is 22.8 Å². The Morgan fingerprint density at radius 1 is 1.43 bits per heavy atom. The van der Waals surface area contributed by atoms with E-state index < -0.39 is 6.10 Å². The quantitative estimate of drug-likeness (QED) is 0.889. The molecule has 110 valence electrons. The van der Waals surface area contributed by atoms with Crippen molar-refractivity contribution < 1.29 is 14.6 Å². The minimum atomic E-state index is -0.692. The largest absolute Gasteiger partial charge is 0.493 e. The highest BCUT2D eigenvalue weighted by atomic mass is 32.1. The van der Waals surface area contributed by atoms with Crippen molar-refractivity contribution in [3.63, 3.8) is 0 Å². The van der Waals surface area contributed by atoms with E-state index >= 15 is 0 Å². The number of fused-ring (bicyclic) bond motifs is 1. The summed E-state index contributed by atoms with van der Waals surface area (Å²) >= 11 is 1.57. The topological polar surface area (TPSA) is 58.6 Å². The second-order valence-corrected chi connectivity index (χ2v) is 5.87. The number of thiophene rings is 1. The smallest absolute Gasteiger partial charge is 0.224 e. The van der Waals surface area contributed by atoms with Crippen LogP contribution in [0.4, 0.5) is 0 Å². The summed E-state index contributed by atoms with van der Waals surface area (Å²) in [5, 5.41) is 16.8. The predicted molar refractivity (Wildman–Crippen MR) is 81.6 cm³/mol. The number of rotatable bonds is 5. The molecule has 2 N–H and O–H groups in total. The molecule has 1 atom stereocenters. The van der Waals surface area contributed by atoms with Crippen molar-refractivity contribution in [1.29, 1.82) is 0 Å². The molecule has 1 amide bonds. The zero-order chi connectivity index (χ0) is 14.7. The molecule has 2 heterocycles. The number of hydrogen-bond donors (Lipinski definition) is 2. The zero-order valence-corrected chi connectivity index (χ0v) is 12.4. The number of carbonyl (C=O) groups is 1. The van der Waals surface area contributed by atoms with Crippen LogP contribution in [0.15, 0.2) is 35.0 Å². The van der Waals surface area contributed by atoms with Gasteiger partial charge in [0.15, 0.2) is 0 Å². The number of aliphatic hydroxyl groups is 1. The zero-order valence-electron chi connectivity index (χ0n) is 11.5. The molecule has 0 saturated heterocycles. The second kappa shape index (κ2) is 6.28. The summed E-state index contributed by atoms with van der Waals surface area (Å²) in [6.07, 6.45) is 0.539. The average Bonchev–Trinajstić information content (AvgIpc) is 3.14. The van der Waals surface area contributed by atoms with Crippen LogP contribution in [0, 0.1) is 0 Å². The predicted octanol–water partition coefficient (Wildman–Crippen LogP) is 2.08. The molecule has 1 aromatic heterocycles. The first kappa shape index (κ1) is 14.1. The molecule has 1 aliphatic rings. The van der Waals surface area contributed by atoms with Crippen LogP contribution in [0.3, 0.4) is 0 Å². The van der Waals surface area contributed by atoms with Gasteiger partial charge in [-0.05, 0) is 45.6 Å². The molecule has 21 heavy (non-hydrogen) atoms. The minimum absolute atomic E-state index is 0.0723. The molecule has 1 unspecified atom stereocenters. The Labute approximate surface area is 127 Å². The normalized spacial score (nSPS) is 14.3. The summed E-state index contributed by atoms with van der Waals surface area (Å²) in [5.41, 5.74) is 2.94. The monoisotopic (exact) mass is 303 g/mol. The fraction of sp³-hybridized carbons (Fsp3) is 0.312. The van der Waals surface area contributed by atoms with E-state index in [1.54, 1.807) is 11.3 Å². The highest BCUT2D eigenvalue weighted by Crippen LogP contribution is 2.27. The maximum Gasteiger partial charge on any atom is 0.224 e. The molecule has 0 spiro atoms. The number of carbonyl (C=O) groups excluding carboxylic acids is 1. The molecular formula is C16H17NO3S. The van der Waals surface area contributed by atoms with Gasteiger partial charge in [-0.3, -0.25) is 4.79 Å². The van der Waals surface area contributed by atoms with Gasteiger partial charge in [0.05, 0.1) is 19.1 Å². The number of benzene rings is 1. The van der Waals surface area contributed by atoms with Crippen molar-refractivity contribution in [3.05, 3.63) is 51.7 Å². The van der Waals surface area contributed by atoms with Crippen LogP contribution in [0.25, 0.3) is 0 Å². The average molecular weight is 303 g/mol. The molecule has 5 heteroatoms. The lowest BCUT2D eigenvalue weighted by Crippen LogP contribution is -2.29. The lowest BCUT2D eigenvalue weighted by Gasteiger charge is -2.13. The summed E-state index contributed by atoms with van der Waals surface area (Å²) in [7, 11) is 0. The summed E-state index contributed by atoms with van der Waals surface area (Å²) in [5.74, 6) is 0.824. The highest BCUT2D eigenvalue weighted by Gasteiger charge is 2.16. The maximum atomic E-state index is 11.8. The Kier molecular flexibility index (Phi) is 4.22. The summed E-state index contributed by atoms with van der Waals surface area (Å²) in [6, 6.07) is 7.62. The lowest BCUT2D eigenvalue weighted by atomic mass is 10.0. The number of amides is 1. The van der Waals surface area contributed by atoms with Crippen LogP contribution < -0.4 is 10.1 Å². The van der Waals surface area contributed by atoms with Gasteiger partial charge in [0, 0.05) is 13.0 Å². The number of hydrogen-bond acceptors (Lipinski definition) is 4. The van der Waals surface area contributed by atoms with Gasteiger partial charge < -0.3 is 15.2 Å². The fourth-order valence-corrected chi connectivity index (χ4v) is 3.05. The van der Waals surface area contributed by atoms with Crippen molar-refractivity contribution in [1.82, 2.24) is 5.32 Å². The second-order valence-electron chi connectivity index (χ2n) is 5.09. The van der Waals surface area contributed by atoms with Gasteiger partial charge in [0.2, 0.25) is 5.91 Å². The standard InChI is InChI=1S/C16H17NO3S/c18-14(9-17-16(19)7-11-4-6-21-10-11)12-1-2-15-13(8-12)3-5-20-15/h1-2,4,6,8,10,14,18H,3,5,7,9H2,(H,17,19). The first-order chi connectivity index (χ1) is 10.2. The van der Waals surface area contributed by atoms with Crippen molar-refractivity contribution in [3.8, 4) is 5.75 Å². The molecule has 2 aromatic rings. The summed E-state index contributed by atoms with van der Waals surface area (Å²) in [6.45, 7) is 0.925. The summed E-state index contributed by atoms with van der Waals surface area (Å²) in [4.78, 5) is 11.8. The van der Waals surface area contributed by atoms with E-state index in [2.05, 4.69) is 5.32 Å². The van der Waals surface area contributed by atoms with Crippen molar-refractivity contribution in [2.75, 3.05) is 13.2 Å². The van der Waals surface area contributed by atoms with Gasteiger partial charge in [-0.1, -0.05) is 6.07 Å². The molecule has 0 fully saturated rings. The van der Waals surface area contributed by atoms with Crippen LogP contribution >= 0.6 is 11.3 Å². The lowest BCUT2D eigenvalue weighted by molar-refractivity contribution is -0.120. The molecule has 0 saturated carbocycles. The van der Waals surface area contributed by atoms with Crippen LogP contribution in [-0.4, -0.2) is 24.2 Å². The minimum Gasteiger partial charge on any atom is -0.493 e. The van der Waals surface area contributed by atoms with Gasteiger partial charge in [0.1, 0.15) is 5.75 Å². The molecule has 0 radical (unpaired) electrons. The van der Waals surface area contributed by atoms with E-state index in [0.717, 1.165) is 28.9 Å². The van der Waals surface area contributed by atoms with E-state index in [9.17, 15) is 9.90 Å². The molecule has 0 bridgehead atoms. The third kappa shape index (κ3) is 3.43. The Hall–Kier alpha value is -1.85. The summed E-state index contributed by atoms with van der Waals surface area (Å²) < 4.78 is 5.44. The number of aliphatic hydroxyl groups excluding tert-OH is 1. The first-order valence-corrected chi connectivity index (χ1v) is 7.88. The molecule has 1 aliphatic heterocycles.